The molecule has 8 heteroatoms. The lowest BCUT2D eigenvalue weighted by Crippen LogP contribution is -2.61. The van der Waals surface area contributed by atoms with Gasteiger partial charge in [0.2, 0.25) is 5.91 Å². The van der Waals surface area contributed by atoms with Crippen LogP contribution in [0.5, 0.6) is 0 Å². The number of aliphatic carboxylic acids is 1. The Morgan fingerprint density at radius 3 is 2.20 bits per heavy atom. The average molecular weight is 483 g/mol. The van der Waals surface area contributed by atoms with Gasteiger partial charge < -0.3 is 25.2 Å². The van der Waals surface area contributed by atoms with Crippen LogP contribution in [-0.4, -0.2) is 55.0 Å². The first-order chi connectivity index (χ1) is 16.8. The van der Waals surface area contributed by atoms with E-state index >= 15 is 0 Å². The Bertz CT molecular complexity index is 1010. The van der Waals surface area contributed by atoms with E-state index < -0.39 is 29.6 Å². The van der Waals surface area contributed by atoms with Gasteiger partial charge in [-0.3, -0.25) is 9.59 Å². The molecule has 0 aromatic heterocycles. The second kappa shape index (κ2) is 11.8. The Balaban J connectivity index is 1.67. The molecule has 1 aliphatic carbocycles. The Morgan fingerprint density at radius 1 is 1.06 bits per heavy atom. The summed E-state index contributed by atoms with van der Waals surface area (Å²) in [7, 11) is 1.43. The van der Waals surface area contributed by atoms with Gasteiger partial charge in [0.15, 0.2) is 0 Å². The molecule has 8 nitrogen and oxygen atoms in total. The highest BCUT2D eigenvalue weighted by molar-refractivity contribution is 5.90. The van der Waals surface area contributed by atoms with Crippen molar-refractivity contribution in [3.05, 3.63) is 59.7 Å². The predicted octanol–water partition coefficient (Wildman–Crippen LogP) is 4.08. The number of carboxylic acid groups (broad SMARTS) is 1. The second-order valence-corrected chi connectivity index (χ2v) is 9.13. The van der Waals surface area contributed by atoms with Gasteiger partial charge in [0, 0.05) is 19.1 Å². The largest absolute Gasteiger partial charge is 0.481 e. The number of carbonyl (C=O) groups is 3. The zero-order valence-electron chi connectivity index (χ0n) is 20.5. The maximum atomic E-state index is 13.1. The fourth-order valence-electron chi connectivity index (χ4n) is 4.54. The highest BCUT2D eigenvalue weighted by Gasteiger charge is 2.37. The van der Waals surface area contributed by atoms with Crippen LogP contribution >= 0.6 is 0 Å². The minimum absolute atomic E-state index is 0.101. The number of ether oxygens (including phenoxy) is 2. The number of benzene rings is 2. The van der Waals surface area contributed by atoms with E-state index in [1.807, 2.05) is 43.3 Å². The molecule has 2 amide bonds. The van der Waals surface area contributed by atoms with Crippen molar-refractivity contribution in [2.24, 2.45) is 0 Å². The number of methoxy groups -OCH3 is 1. The van der Waals surface area contributed by atoms with E-state index in [0.717, 1.165) is 35.1 Å². The Kier molecular flexibility index (Phi) is 8.87. The van der Waals surface area contributed by atoms with Crippen molar-refractivity contribution in [1.82, 2.24) is 10.6 Å². The van der Waals surface area contributed by atoms with E-state index in [0.29, 0.717) is 6.42 Å². The number of nitrogens with one attached hydrogen (secondary N) is 2. The van der Waals surface area contributed by atoms with Crippen LogP contribution in [0.2, 0.25) is 0 Å². The summed E-state index contributed by atoms with van der Waals surface area (Å²) >= 11 is 0. The third-order valence-electron chi connectivity index (χ3n) is 6.32. The first-order valence-corrected chi connectivity index (χ1v) is 11.9. The van der Waals surface area contributed by atoms with Gasteiger partial charge in [-0.1, -0.05) is 68.3 Å². The first-order valence-electron chi connectivity index (χ1n) is 11.9. The van der Waals surface area contributed by atoms with Crippen LogP contribution in [0.3, 0.4) is 0 Å². The Labute approximate surface area is 206 Å². The monoisotopic (exact) mass is 482 g/mol. The third-order valence-corrected chi connectivity index (χ3v) is 6.32. The fraction of sp³-hybridized carbons (Fsp3) is 0.444. The van der Waals surface area contributed by atoms with Crippen molar-refractivity contribution < 1.29 is 29.0 Å². The molecule has 35 heavy (non-hydrogen) atoms. The Hall–Kier alpha value is -3.39. The summed E-state index contributed by atoms with van der Waals surface area (Å²) in [5, 5.41) is 14.6. The number of carbonyl (C=O) groups excluding carboxylic acids is 2. The molecule has 0 fully saturated rings. The molecule has 2 aromatic carbocycles. The Morgan fingerprint density at radius 2 is 1.66 bits per heavy atom. The van der Waals surface area contributed by atoms with Crippen molar-refractivity contribution in [1.29, 1.82) is 0 Å². The van der Waals surface area contributed by atoms with Crippen LogP contribution in [0.1, 0.15) is 56.6 Å². The lowest BCUT2D eigenvalue weighted by molar-refractivity contribution is -0.138. The molecule has 188 valence electrons. The molecule has 0 saturated carbocycles. The zero-order chi connectivity index (χ0) is 25.4. The summed E-state index contributed by atoms with van der Waals surface area (Å²) in [6, 6.07) is 15.5. The molecule has 0 bridgehead atoms. The quantitative estimate of drug-likeness (QED) is 0.420. The molecule has 0 aliphatic heterocycles. The van der Waals surface area contributed by atoms with E-state index in [9.17, 15) is 19.5 Å². The number of hydrogen-bond donors (Lipinski definition) is 3. The van der Waals surface area contributed by atoms with Crippen molar-refractivity contribution in [3.63, 3.8) is 0 Å². The molecule has 2 unspecified atom stereocenters. The summed E-state index contributed by atoms with van der Waals surface area (Å²) < 4.78 is 10.8. The maximum Gasteiger partial charge on any atom is 0.408 e. The number of hydrogen-bond acceptors (Lipinski definition) is 5. The van der Waals surface area contributed by atoms with Crippen LogP contribution in [0.15, 0.2) is 48.5 Å². The van der Waals surface area contributed by atoms with E-state index in [1.54, 1.807) is 0 Å². The normalized spacial score (nSPS) is 14.8. The van der Waals surface area contributed by atoms with Gasteiger partial charge in [0.05, 0.1) is 13.0 Å². The number of carboxylic acids is 1. The maximum absolute atomic E-state index is 13.1. The molecule has 0 saturated heterocycles. The third kappa shape index (κ3) is 6.39. The van der Waals surface area contributed by atoms with Gasteiger partial charge in [-0.2, -0.15) is 0 Å². The van der Waals surface area contributed by atoms with Crippen LogP contribution < -0.4 is 10.6 Å². The number of alkyl carbamates (subject to hydrolysis) is 1. The number of fused-ring (bicyclic) bond motifs is 3. The standard InChI is InChI=1S/C27H34N2O6/c1-4-5-10-18(15-24(30)31)28-25(32)27(2,17-34-3)29-26(33)35-16-23-21-13-8-6-11-19(21)20-12-7-9-14-22(20)23/h6-9,11-14,18,23H,4-5,10,15-17H2,1-3H3,(H,28,32)(H,29,33)(H,30,31). The summed E-state index contributed by atoms with van der Waals surface area (Å²) in [6.07, 6.45) is 1.24. The number of rotatable bonds is 12. The van der Waals surface area contributed by atoms with E-state index in [-0.39, 0.29) is 25.6 Å². The highest BCUT2D eigenvalue weighted by atomic mass is 16.5. The SMILES string of the molecule is CCCCC(CC(=O)O)NC(=O)C(C)(COC)NC(=O)OCC1c2ccccc2-c2ccccc21. The van der Waals surface area contributed by atoms with Gasteiger partial charge in [-0.25, -0.2) is 4.79 Å². The van der Waals surface area contributed by atoms with Crippen molar-refractivity contribution in [3.8, 4) is 11.1 Å². The van der Waals surface area contributed by atoms with Gasteiger partial charge >= 0.3 is 12.1 Å². The smallest absolute Gasteiger partial charge is 0.408 e. The van der Waals surface area contributed by atoms with Crippen molar-refractivity contribution in [2.45, 2.75) is 57.0 Å². The van der Waals surface area contributed by atoms with Gasteiger partial charge in [-0.05, 0) is 35.6 Å². The van der Waals surface area contributed by atoms with Crippen LogP contribution in [0.25, 0.3) is 11.1 Å². The molecule has 3 N–H and O–H groups in total. The van der Waals surface area contributed by atoms with E-state index in [1.165, 1.54) is 14.0 Å². The number of amides is 2. The molecule has 0 radical (unpaired) electrons. The highest BCUT2D eigenvalue weighted by Crippen LogP contribution is 2.44. The van der Waals surface area contributed by atoms with E-state index in [2.05, 4.69) is 22.8 Å². The van der Waals surface area contributed by atoms with Crippen LogP contribution in [0, 0.1) is 0 Å². The van der Waals surface area contributed by atoms with Gasteiger partial charge in [0.1, 0.15) is 12.1 Å². The minimum atomic E-state index is -1.43. The number of unbranched alkanes of at least 4 members (excludes halogenated alkanes) is 1. The van der Waals surface area contributed by atoms with Crippen molar-refractivity contribution in [2.75, 3.05) is 20.3 Å². The fourth-order valence-corrected chi connectivity index (χ4v) is 4.54. The van der Waals surface area contributed by atoms with Gasteiger partial charge in [-0.15, -0.1) is 0 Å². The molecule has 0 spiro atoms. The lowest BCUT2D eigenvalue weighted by Gasteiger charge is -2.30. The lowest BCUT2D eigenvalue weighted by atomic mass is 9.98. The molecule has 2 aromatic rings. The summed E-state index contributed by atoms with van der Waals surface area (Å²) in [5.74, 6) is -1.62. The summed E-state index contributed by atoms with van der Waals surface area (Å²) in [6.45, 7) is 3.54. The van der Waals surface area contributed by atoms with Crippen molar-refractivity contribution >= 4 is 18.0 Å². The van der Waals surface area contributed by atoms with Crippen LogP contribution in [0.4, 0.5) is 4.79 Å². The first kappa shape index (κ1) is 26.2. The summed E-state index contributed by atoms with van der Waals surface area (Å²) in [5.41, 5.74) is 2.99. The average Bonchev–Trinajstić information content (AvgIpc) is 3.14. The summed E-state index contributed by atoms with van der Waals surface area (Å²) in [4.78, 5) is 37.1. The zero-order valence-corrected chi connectivity index (χ0v) is 20.5. The molecule has 2 atom stereocenters. The molecular weight excluding hydrogens is 448 g/mol. The van der Waals surface area contributed by atoms with Gasteiger partial charge in [0.25, 0.3) is 0 Å². The second-order valence-electron chi connectivity index (χ2n) is 9.13. The van der Waals surface area contributed by atoms with Crippen LogP contribution in [-0.2, 0) is 19.1 Å². The van der Waals surface area contributed by atoms with E-state index in [4.69, 9.17) is 9.47 Å². The predicted molar refractivity (Wildman–Crippen MR) is 132 cm³/mol. The molecular formula is C27H34N2O6. The minimum Gasteiger partial charge on any atom is -0.481 e. The molecule has 0 heterocycles. The molecule has 1 aliphatic rings. The topological polar surface area (TPSA) is 114 Å². The molecule has 3 rings (SSSR count).